The summed E-state index contributed by atoms with van der Waals surface area (Å²) in [6.45, 7) is 2.05. The molecule has 0 bridgehead atoms. The summed E-state index contributed by atoms with van der Waals surface area (Å²) in [4.78, 5) is 4.13. The molecule has 0 atom stereocenters. The highest BCUT2D eigenvalue weighted by Crippen LogP contribution is 2.30. The minimum absolute atomic E-state index is 0.283. The van der Waals surface area contributed by atoms with Crippen molar-refractivity contribution in [3.63, 3.8) is 0 Å². The van der Waals surface area contributed by atoms with Crippen LogP contribution in [0.1, 0.15) is 31.2 Å². The minimum atomic E-state index is 0.283. The van der Waals surface area contributed by atoms with Crippen LogP contribution in [0.4, 0.5) is 5.82 Å². The van der Waals surface area contributed by atoms with E-state index in [0.717, 1.165) is 47.8 Å². The number of nitrogens with zero attached hydrogens (tertiary/aromatic N) is 1. The molecule has 4 heteroatoms. The third-order valence-corrected chi connectivity index (χ3v) is 4.10. The van der Waals surface area contributed by atoms with Crippen LogP contribution in [0.15, 0.2) is 24.4 Å². The van der Waals surface area contributed by atoms with Gasteiger partial charge in [-0.2, -0.15) is 0 Å². The number of hydrogen-bond acceptors (Lipinski definition) is 4. The highest BCUT2D eigenvalue weighted by atomic mass is 16.5. The van der Waals surface area contributed by atoms with Gasteiger partial charge in [0, 0.05) is 17.6 Å². The van der Waals surface area contributed by atoms with E-state index in [1.807, 2.05) is 6.07 Å². The quantitative estimate of drug-likeness (QED) is 0.880. The average molecular weight is 271 g/mol. The molecule has 1 heterocycles. The van der Waals surface area contributed by atoms with E-state index in [0.29, 0.717) is 11.9 Å². The van der Waals surface area contributed by atoms with Gasteiger partial charge in [-0.25, -0.2) is 4.98 Å². The van der Waals surface area contributed by atoms with Crippen LogP contribution in [-0.2, 0) is 0 Å². The molecule has 3 rings (SSSR count). The Morgan fingerprint density at radius 1 is 1.20 bits per heavy atom. The Kier molecular flexibility index (Phi) is 3.49. The predicted molar refractivity (Wildman–Crippen MR) is 81.8 cm³/mol. The summed E-state index contributed by atoms with van der Waals surface area (Å²) in [7, 11) is 0. The van der Waals surface area contributed by atoms with Crippen molar-refractivity contribution < 1.29 is 4.74 Å². The lowest BCUT2D eigenvalue weighted by Gasteiger charge is -2.27. The zero-order chi connectivity index (χ0) is 14.1. The zero-order valence-electron chi connectivity index (χ0n) is 11.8. The number of aromatic nitrogens is 1. The maximum atomic E-state index is 6.17. The number of pyridine rings is 1. The van der Waals surface area contributed by atoms with E-state index in [2.05, 4.69) is 24.0 Å². The van der Waals surface area contributed by atoms with Crippen LogP contribution in [0.2, 0.25) is 0 Å². The summed E-state index contributed by atoms with van der Waals surface area (Å²) >= 11 is 0. The van der Waals surface area contributed by atoms with Gasteiger partial charge in [0.15, 0.2) is 0 Å². The molecule has 1 aromatic heterocycles. The lowest BCUT2D eigenvalue weighted by atomic mass is 9.93. The van der Waals surface area contributed by atoms with Crippen LogP contribution in [0.5, 0.6) is 5.75 Å². The summed E-state index contributed by atoms with van der Waals surface area (Å²) in [5, 5.41) is 2.06. The Morgan fingerprint density at radius 3 is 2.70 bits per heavy atom. The SMILES string of the molecule is Cc1cc2c(N)nccc2cc1O[C@H]1CC[C@H](N)CC1. The van der Waals surface area contributed by atoms with Crippen LogP contribution < -0.4 is 16.2 Å². The molecule has 0 unspecified atom stereocenters. The van der Waals surface area contributed by atoms with Gasteiger partial charge in [-0.15, -0.1) is 0 Å². The second-order valence-electron chi connectivity index (χ2n) is 5.69. The van der Waals surface area contributed by atoms with E-state index in [4.69, 9.17) is 16.2 Å². The van der Waals surface area contributed by atoms with E-state index >= 15 is 0 Å². The van der Waals surface area contributed by atoms with Gasteiger partial charge >= 0.3 is 0 Å². The molecule has 0 spiro atoms. The molecule has 0 aliphatic heterocycles. The van der Waals surface area contributed by atoms with Gasteiger partial charge in [0.1, 0.15) is 11.6 Å². The molecular formula is C16H21N3O. The first-order chi connectivity index (χ1) is 9.63. The third-order valence-electron chi connectivity index (χ3n) is 4.10. The van der Waals surface area contributed by atoms with E-state index in [-0.39, 0.29) is 6.10 Å². The van der Waals surface area contributed by atoms with Crippen molar-refractivity contribution in [2.75, 3.05) is 5.73 Å². The van der Waals surface area contributed by atoms with Crippen LogP contribution in [0, 0.1) is 6.92 Å². The number of aryl methyl sites for hydroxylation is 1. The number of hydrogen-bond donors (Lipinski definition) is 2. The molecule has 1 aromatic carbocycles. The van der Waals surface area contributed by atoms with Crippen LogP contribution in [-0.4, -0.2) is 17.1 Å². The molecule has 0 amide bonds. The molecule has 4 N–H and O–H groups in total. The summed E-state index contributed by atoms with van der Waals surface area (Å²) in [6, 6.07) is 6.44. The molecule has 0 saturated heterocycles. The normalized spacial score (nSPS) is 22.9. The van der Waals surface area contributed by atoms with Gasteiger partial charge in [-0.3, -0.25) is 0 Å². The molecule has 2 aromatic rings. The van der Waals surface area contributed by atoms with Crippen LogP contribution >= 0.6 is 0 Å². The first kappa shape index (κ1) is 13.2. The number of benzene rings is 1. The van der Waals surface area contributed by atoms with Gasteiger partial charge in [0.25, 0.3) is 0 Å². The molecule has 4 nitrogen and oxygen atoms in total. The fourth-order valence-electron chi connectivity index (χ4n) is 2.84. The van der Waals surface area contributed by atoms with Crippen molar-refractivity contribution in [1.29, 1.82) is 0 Å². The number of ether oxygens (including phenoxy) is 1. The number of rotatable bonds is 2. The fourth-order valence-corrected chi connectivity index (χ4v) is 2.84. The standard InChI is InChI=1S/C16H21N3O/c1-10-8-14-11(6-7-19-16(14)18)9-15(10)20-13-4-2-12(17)3-5-13/h6-9,12-13H,2-5,17H2,1H3,(H2,18,19)/t12-,13-. The number of anilines is 1. The highest BCUT2D eigenvalue weighted by Gasteiger charge is 2.20. The largest absolute Gasteiger partial charge is 0.490 e. The Morgan fingerprint density at radius 2 is 1.95 bits per heavy atom. The van der Waals surface area contributed by atoms with E-state index in [9.17, 15) is 0 Å². The second kappa shape index (κ2) is 5.29. The van der Waals surface area contributed by atoms with Gasteiger partial charge in [0.2, 0.25) is 0 Å². The predicted octanol–water partition coefficient (Wildman–Crippen LogP) is 2.77. The zero-order valence-corrected chi connectivity index (χ0v) is 11.8. The highest BCUT2D eigenvalue weighted by molar-refractivity contribution is 5.92. The van der Waals surface area contributed by atoms with Gasteiger partial charge < -0.3 is 16.2 Å². The molecule has 20 heavy (non-hydrogen) atoms. The lowest BCUT2D eigenvalue weighted by molar-refractivity contribution is 0.146. The van der Waals surface area contributed by atoms with Gasteiger partial charge in [-0.05, 0) is 61.8 Å². The first-order valence-corrected chi connectivity index (χ1v) is 7.20. The monoisotopic (exact) mass is 271 g/mol. The van der Waals surface area contributed by atoms with Crippen molar-refractivity contribution in [1.82, 2.24) is 4.98 Å². The van der Waals surface area contributed by atoms with Crippen LogP contribution in [0.25, 0.3) is 10.8 Å². The van der Waals surface area contributed by atoms with Crippen LogP contribution in [0.3, 0.4) is 0 Å². The van der Waals surface area contributed by atoms with Crippen molar-refractivity contribution in [2.45, 2.75) is 44.8 Å². The van der Waals surface area contributed by atoms with Crippen molar-refractivity contribution in [3.05, 3.63) is 30.0 Å². The summed E-state index contributed by atoms with van der Waals surface area (Å²) in [6.07, 6.45) is 6.19. The maximum Gasteiger partial charge on any atom is 0.131 e. The topological polar surface area (TPSA) is 74.2 Å². The van der Waals surface area contributed by atoms with Gasteiger partial charge in [-0.1, -0.05) is 0 Å². The van der Waals surface area contributed by atoms with Crippen molar-refractivity contribution in [3.8, 4) is 5.75 Å². The second-order valence-corrected chi connectivity index (χ2v) is 5.69. The Labute approximate surface area is 119 Å². The first-order valence-electron chi connectivity index (χ1n) is 7.20. The van der Waals surface area contributed by atoms with E-state index in [1.165, 1.54) is 0 Å². The molecule has 0 radical (unpaired) electrons. The maximum absolute atomic E-state index is 6.17. The van der Waals surface area contributed by atoms with Crippen molar-refractivity contribution >= 4 is 16.6 Å². The van der Waals surface area contributed by atoms with Crippen molar-refractivity contribution in [2.24, 2.45) is 5.73 Å². The number of nitrogen functional groups attached to an aromatic ring is 1. The molecule has 106 valence electrons. The Hall–Kier alpha value is -1.81. The van der Waals surface area contributed by atoms with Gasteiger partial charge in [0.05, 0.1) is 6.10 Å². The molecule has 1 saturated carbocycles. The molecule has 1 fully saturated rings. The summed E-state index contributed by atoms with van der Waals surface area (Å²) in [5.41, 5.74) is 12.9. The molecule has 1 aliphatic carbocycles. The summed E-state index contributed by atoms with van der Waals surface area (Å²) in [5.74, 6) is 1.52. The summed E-state index contributed by atoms with van der Waals surface area (Å²) < 4.78 is 6.17. The number of nitrogens with two attached hydrogens (primary N) is 2. The Bertz CT molecular complexity index is 618. The third kappa shape index (κ3) is 2.56. The number of fused-ring (bicyclic) bond motifs is 1. The minimum Gasteiger partial charge on any atom is -0.490 e. The fraction of sp³-hybridized carbons (Fsp3) is 0.438. The molecular weight excluding hydrogens is 250 g/mol. The molecule has 1 aliphatic rings. The smallest absolute Gasteiger partial charge is 0.131 e. The lowest BCUT2D eigenvalue weighted by Crippen LogP contribution is -2.31. The average Bonchev–Trinajstić information content (AvgIpc) is 2.43. The van der Waals surface area contributed by atoms with E-state index in [1.54, 1.807) is 6.20 Å². The van der Waals surface area contributed by atoms with E-state index < -0.39 is 0 Å². The Balaban J connectivity index is 1.86.